The number of rotatable bonds is 6. The molecule has 1 aliphatic rings. The average Bonchev–Trinajstić information content (AvgIpc) is 2.91. The summed E-state index contributed by atoms with van der Waals surface area (Å²) in [5.74, 6) is -1.38. The SMILES string of the molecule is COC(C)(CNC(=O)CN1C(=O)c2ccccc2C1=O)c1cccc(Cl)c1. The first kappa shape index (κ1) is 19.1. The molecule has 1 unspecified atom stereocenters. The van der Waals surface area contributed by atoms with Crippen LogP contribution >= 0.6 is 11.6 Å². The van der Waals surface area contributed by atoms with Crippen molar-refractivity contribution in [3.05, 3.63) is 70.2 Å². The number of imide groups is 1. The van der Waals surface area contributed by atoms with Gasteiger partial charge in [0.25, 0.3) is 11.8 Å². The van der Waals surface area contributed by atoms with E-state index in [0.29, 0.717) is 16.1 Å². The van der Waals surface area contributed by atoms with Gasteiger partial charge in [0.15, 0.2) is 0 Å². The number of hydrogen-bond acceptors (Lipinski definition) is 4. The Balaban J connectivity index is 1.66. The summed E-state index contributed by atoms with van der Waals surface area (Å²) in [5.41, 5.74) is 0.633. The number of carbonyl (C=O) groups excluding carboxylic acids is 3. The van der Waals surface area contributed by atoms with E-state index < -0.39 is 23.3 Å². The van der Waals surface area contributed by atoms with Crippen LogP contribution in [0.25, 0.3) is 0 Å². The minimum Gasteiger partial charge on any atom is -0.372 e. The van der Waals surface area contributed by atoms with Gasteiger partial charge in [-0.15, -0.1) is 0 Å². The van der Waals surface area contributed by atoms with Crippen LogP contribution in [0.15, 0.2) is 48.5 Å². The highest BCUT2D eigenvalue weighted by atomic mass is 35.5. The molecule has 2 aromatic carbocycles. The van der Waals surface area contributed by atoms with E-state index in [1.807, 2.05) is 13.0 Å². The van der Waals surface area contributed by atoms with Crippen molar-refractivity contribution >= 4 is 29.3 Å². The first-order chi connectivity index (χ1) is 12.9. The number of carbonyl (C=O) groups is 3. The lowest BCUT2D eigenvalue weighted by molar-refractivity contribution is -0.123. The summed E-state index contributed by atoms with van der Waals surface area (Å²) in [6, 6.07) is 13.7. The Morgan fingerprint density at radius 3 is 2.30 bits per heavy atom. The molecule has 1 heterocycles. The van der Waals surface area contributed by atoms with Gasteiger partial charge in [-0.05, 0) is 36.8 Å². The summed E-state index contributed by atoms with van der Waals surface area (Å²) < 4.78 is 5.57. The molecular formula is C20H19ClN2O4. The first-order valence-electron chi connectivity index (χ1n) is 8.39. The van der Waals surface area contributed by atoms with Gasteiger partial charge in [-0.2, -0.15) is 0 Å². The third kappa shape index (κ3) is 3.72. The molecule has 0 bridgehead atoms. The maximum Gasteiger partial charge on any atom is 0.262 e. The van der Waals surface area contributed by atoms with Gasteiger partial charge in [0.05, 0.1) is 17.7 Å². The van der Waals surface area contributed by atoms with Crippen LogP contribution in [-0.2, 0) is 15.1 Å². The number of halogens is 1. The summed E-state index contributed by atoms with van der Waals surface area (Å²) in [4.78, 5) is 38.0. The van der Waals surface area contributed by atoms with E-state index in [0.717, 1.165) is 10.5 Å². The minimum absolute atomic E-state index is 0.159. The fourth-order valence-corrected chi connectivity index (χ4v) is 3.15. The first-order valence-corrected chi connectivity index (χ1v) is 8.76. The Labute approximate surface area is 162 Å². The second-order valence-electron chi connectivity index (χ2n) is 6.46. The van der Waals surface area contributed by atoms with Crippen LogP contribution in [-0.4, -0.2) is 42.8 Å². The molecular weight excluding hydrogens is 368 g/mol. The second-order valence-corrected chi connectivity index (χ2v) is 6.90. The molecule has 0 fully saturated rings. The Morgan fingerprint density at radius 1 is 1.11 bits per heavy atom. The van der Waals surface area contributed by atoms with Gasteiger partial charge in [0.2, 0.25) is 5.91 Å². The molecule has 2 aromatic rings. The number of benzene rings is 2. The maximum atomic E-state index is 12.4. The van der Waals surface area contributed by atoms with Gasteiger partial charge in [0, 0.05) is 12.1 Å². The number of ether oxygens (including phenoxy) is 1. The molecule has 0 saturated carbocycles. The van der Waals surface area contributed by atoms with Crippen molar-refractivity contribution in [2.24, 2.45) is 0 Å². The lowest BCUT2D eigenvalue weighted by Gasteiger charge is -2.29. The molecule has 0 aliphatic carbocycles. The van der Waals surface area contributed by atoms with Crippen molar-refractivity contribution in [3.63, 3.8) is 0 Å². The van der Waals surface area contributed by atoms with Crippen LogP contribution in [0.2, 0.25) is 5.02 Å². The van der Waals surface area contributed by atoms with Crippen LogP contribution in [0, 0.1) is 0 Å². The number of nitrogens with zero attached hydrogens (tertiary/aromatic N) is 1. The zero-order valence-corrected chi connectivity index (χ0v) is 15.7. The predicted molar refractivity (Wildman–Crippen MR) is 101 cm³/mol. The van der Waals surface area contributed by atoms with Gasteiger partial charge in [-0.3, -0.25) is 19.3 Å². The monoisotopic (exact) mass is 386 g/mol. The maximum absolute atomic E-state index is 12.4. The summed E-state index contributed by atoms with van der Waals surface area (Å²) in [7, 11) is 1.54. The summed E-state index contributed by atoms with van der Waals surface area (Å²) >= 11 is 6.04. The molecule has 0 saturated heterocycles. The minimum atomic E-state index is -0.803. The van der Waals surface area contributed by atoms with Crippen molar-refractivity contribution in [3.8, 4) is 0 Å². The second kappa shape index (κ2) is 7.50. The number of hydrogen-bond donors (Lipinski definition) is 1. The highest BCUT2D eigenvalue weighted by Gasteiger charge is 2.36. The van der Waals surface area contributed by atoms with Gasteiger partial charge in [-0.25, -0.2) is 0 Å². The molecule has 3 rings (SSSR count). The van der Waals surface area contributed by atoms with Crippen molar-refractivity contribution in [1.29, 1.82) is 0 Å². The molecule has 1 N–H and O–H groups in total. The lowest BCUT2D eigenvalue weighted by Crippen LogP contribution is -2.45. The van der Waals surface area contributed by atoms with Crippen LogP contribution in [0.4, 0.5) is 0 Å². The lowest BCUT2D eigenvalue weighted by atomic mass is 9.95. The summed E-state index contributed by atoms with van der Waals surface area (Å²) in [6.45, 7) is 1.63. The molecule has 1 atom stereocenters. The van der Waals surface area contributed by atoms with Crippen molar-refractivity contribution < 1.29 is 19.1 Å². The van der Waals surface area contributed by atoms with Gasteiger partial charge in [0.1, 0.15) is 12.1 Å². The quantitative estimate of drug-likeness (QED) is 0.774. The fraction of sp³-hybridized carbons (Fsp3) is 0.250. The molecule has 1 aliphatic heterocycles. The Bertz CT molecular complexity index is 879. The van der Waals surface area contributed by atoms with E-state index >= 15 is 0 Å². The number of methoxy groups -OCH3 is 1. The average molecular weight is 387 g/mol. The molecule has 3 amide bonds. The molecule has 6 nitrogen and oxygen atoms in total. The van der Waals surface area contributed by atoms with Gasteiger partial charge < -0.3 is 10.1 Å². The summed E-state index contributed by atoms with van der Waals surface area (Å²) in [5, 5.41) is 3.30. The Hall–Kier alpha value is -2.70. The Kier molecular flexibility index (Phi) is 5.30. The van der Waals surface area contributed by atoms with Crippen molar-refractivity contribution in [1.82, 2.24) is 10.2 Å². The Morgan fingerprint density at radius 2 is 1.74 bits per heavy atom. The number of nitrogens with one attached hydrogen (secondary N) is 1. The third-order valence-corrected chi connectivity index (χ3v) is 4.92. The van der Waals surface area contributed by atoms with E-state index in [2.05, 4.69) is 5.32 Å². The highest BCUT2D eigenvalue weighted by Crippen LogP contribution is 2.26. The van der Waals surface area contributed by atoms with Crippen LogP contribution in [0.3, 0.4) is 0 Å². The third-order valence-electron chi connectivity index (χ3n) is 4.69. The smallest absolute Gasteiger partial charge is 0.262 e. The van der Waals surface area contributed by atoms with Gasteiger partial charge >= 0.3 is 0 Å². The molecule has 27 heavy (non-hydrogen) atoms. The van der Waals surface area contributed by atoms with Crippen LogP contribution in [0.1, 0.15) is 33.2 Å². The number of amides is 3. The van der Waals surface area contributed by atoms with E-state index in [4.69, 9.17) is 16.3 Å². The largest absolute Gasteiger partial charge is 0.372 e. The van der Waals surface area contributed by atoms with Crippen molar-refractivity contribution in [2.75, 3.05) is 20.2 Å². The molecule has 140 valence electrons. The van der Waals surface area contributed by atoms with Crippen molar-refractivity contribution in [2.45, 2.75) is 12.5 Å². The molecule has 0 radical (unpaired) electrons. The topological polar surface area (TPSA) is 75.7 Å². The molecule has 0 spiro atoms. The van der Waals surface area contributed by atoms with Crippen LogP contribution < -0.4 is 5.32 Å². The van der Waals surface area contributed by atoms with E-state index in [1.165, 1.54) is 7.11 Å². The van der Waals surface area contributed by atoms with E-state index in [1.54, 1.807) is 42.5 Å². The predicted octanol–water partition coefficient (Wildman–Crippen LogP) is 2.61. The normalized spacial score (nSPS) is 15.4. The van der Waals surface area contributed by atoms with E-state index in [9.17, 15) is 14.4 Å². The summed E-state index contributed by atoms with van der Waals surface area (Å²) in [6.07, 6.45) is 0. The zero-order chi connectivity index (χ0) is 19.6. The molecule has 7 heteroatoms. The van der Waals surface area contributed by atoms with Crippen LogP contribution in [0.5, 0.6) is 0 Å². The van der Waals surface area contributed by atoms with E-state index in [-0.39, 0.29) is 13.1 Å². The fourth-order valence-electron chi connectivity index (χ4n) is 2.96. The van der Waals surface area contributed by atoms with Gasteiger partial charge in [-0.1, -0.05) is 35.9 Å². The zero-order valence-electron chi connectivity index (χ0n) is 15.0. The molecule has 0 aromatic heterocycles. The number of fused-ring (bicyclic) bond motifs is 1. The standard InChI is InChI=1S/C20H19ClN2O4/c1-20(27-2,13-6-5-7-14(21)10-13)12-22-17(24)11-23-18(25)15-8-3-4-9-16(15)19(23)26/h3-10H,11-12H2,1-2H3,(H,22,24). The highest BCUT2D eigenvalue weighted by molar-refractivity contribution is 6.30.